The first-order valence-electron chi connectivity index (χ1n) is 7.86. The fraction of sp³-hybridized carbons (Fsp3) is 0.353. The first kappa shape index (κ1) is 18.0. The number of rotatable bonds is 4. The fourth-order valence-corrected chi connectivity index (χ4v) is 4.01. The van der Waals surface area contributed by atoms with Crippen molar-refractivity contribution >= 4 is 50.8 Å². The second-order valence-electron chi connectivity index (χ2n) is 5.74. The Morgan fingerprint density at radius 3 is 2.72 bits per heavy atom. The van der Waals surface area contributed by atoms with Gasteiger partial charge >= 0.3 is 0 Å². The zero-order chi connectivity index (χ0) is 18.0. The highest BCUT2D eigenvalue weighted by atomic mass is 79.9. The molecule has 0 aromatic heterocycles. The van der Waals surface area contributed by atoms with E-state index in [9.17, 15) is 14.4 Å². The van der Waals surface area contributed by atoms with Crippen LogP contribution in [-0.4, -0.2) is 53.6 Å². The van der Waals surface area contributed by atoms with Gasteiger partial charge in [-0.3, -0.25) is 19.3 Å². The Kier molecular flexibility index (Phi) is 5.48. The molecule has 0 N–H and O–H groups in total. The number of methoxy groups -OCH3 is 1. The van der Waals surface area contributed by atoms with Crippen LogP contribution < -0.4 is 4.74 Å². The van der Waals surface area contributed by atoms with E-state index in [2.05, 4.69) is 15.9 Å². The van der Waals surface area contributed by atoms with Gasteiger partial charge in [-0.2, -0.15) is 0 Å². The zero-order valence-corrected chi connectivity index (χ0v) is 16.1. The number of halogens is 1. The second kappa shape index (κ2) is 7.61. The van der Waals surface area contributed by atoms with Crippen molar-refractivity contribution in [2.24, 2.45) is 0 Å². The average molecular weight is 425 g/mol. The van der Waals surface area contributed by atoms with E-state index in [0.717, 1.165) is 34.0 Å². The van der Waals surface area contributed by atoms with Crippen LogP contribution in [0.2, 0.25) is 0 Å². The van der Waals surface area contributed by atoms with Crippen molar-refractivity contribution in [2.45, 2.75) is 12.8 Å². The van der Waals surface area contributed by atoms with Gasteiger partial charge in [0, 0.05) is 23.1 Å². The lowest BCUT2D eigenvalue weighted by Gasteiger charge is -2.18. The van der Waals surface area contributed by atoms with Crippen LogP contribution in [0.1, 0.15) is 18.4 Å². The molecule has 132 valence electrons. The molecule has 3 amide bonds. The van der Waals surface area contributed by atoms with Gasteiger partial charge in [-0.25, -0.2) is 0 Å². The molecule has 0 saturated carbocycles. The normalized spacial score (nSPS) is 19.2. The minimum atomic E-state index is -0.440. The number of carbonyl (C=O) groups excluding carboxylic acids is 3. The lowest BCUT2D eigenvalue weighted by atomic mass is 10.2. The van der Waals surface area contributed by atoms with E-state index in [1.807, 2.05) is 12.1 Å². The van der Waals surface area contributed by atoms with Gasteiger partial charge in [0.05, 0.1) is 12.0 Å². The molecule has 25 heavy (non-hydrogen) atoms. The van der Waals surface area contributed by atoms with Gasteiger partial charge in [0.25, 0.3) is 11.1 Å². The predicted molar refractivity (Wildman–Crippen MR) is 99.2 cm³/mol. The monoisotopic (exact) mass is 424 g/mol. The van der Waals surface area contributed by atoms with Gasteiger partial charge < -0.3 is 9.64 Å². The third-order valence-corrected chi connectivity index (χ3v) is 5.50. The fourth-order valence-electron chi connectivity index (χ4n) is 2.80. The third kappa shape index (κ3) is 3.90. The summed E-state index contributed by atoms with van der Waals surface area (Å²) in [7, 11) is 1.54. The summed E-state index contributed by atoms with van der Waals surface area (Å²) in [6.45, 7) is 1.19. The first-order valence-corrected chi connectivity index (χ1v) is 9.47. The Balaban J connectivity index is 1.79. The molecule has 2 heterocycles. The van der Waals surface area contributed by atoms with Crippen molar-refractivity contribution in [3.05, 3.63) is 33.1 Å². The first-order chi connectivity index (χ1) is 12.0. The standard InChI is InChI=1S/C17H17BrN2O4S/c1-24-13-5-4-12(18)8-11(13)9-14-16(22)20(17(23)25-14)10-15(21)19-6-2-3-7-19/h4-5,8-9H,2-3,6-7,10H2,1H3/b14-9-. The van der Waals surface area contributed by atoms with Crippen molar-refractivity contribution in [1.82, 2.24) is 9.80 Å². The maximum Gasteiger partial charge on any atom is 0.294 e. The highest BCUT2D eigenvalue weighted by Crippen LogP contribution is 2.34. The Hall–Kier alpha value is -1.80. The van der Waals surface area contributed by atoms with E-state index < -0.39 is 11.1 Å². The van der Waals surface area contributed by atoms with Gasteiger partial charge in [-0.1, -0.05) is 15.9 Å². The summed E-state index contributed by atoms with van der Waals surface area (Å²) in [5, 5.41) is -0.419. The number of thioether (sulfide) groups is 1. The van der Waals surface area contributed by atoms with Crippen LogP contribution >= 0.6 is 27.7 Å². The second-order valence-corrected chi connectivity index (χ2v) is 7.65. The lowest BCUT2D eigenvalue weighted by molar-refractivity contribution is -0.135. The van der Waals surface area contributed by atoms with Crippen LogP contribution in [0.15, 0.2) is 27.6 Å². The molecule has 2 fully saturated rings. The molecule has 1 aromatic carbocycles. The molecule has 3 rings (SSSR count). The molecule has 0 spiro atoms. The van der Waals surface area contributed by atoms with E-state index in [0.29, 0.717) is 24.4 Å². The number of carbonyl (C=O) groups is 3. The summed E-state index contributed by atoms with van der Waals surface area (Å²) in [6.07, 6.45) is 3.56. The van der Waals surface area contributed by atoms with E-state index in [1.54, 1.807) is 24.2 Å². The lowest BCUT2D eigenvalue weighted by Crippen LogP contribution is -2.40. The molecular weight excluding hydrogens is 408 g/mol. The smallest absolute Gasteiger partial charge is 0.294 e. The predicted octanol–water partition coefficient (Wildman–Crippen LogP) is 3.12. The minimum absolute atomic E-state index is 0.180. The molecular formula is C17H17BrN2O4S. The van der Waals surface area contributed by atoms with E-state index in [4.69, 9.17) is 4.74 Å². The van der Waals surface area contributed by atoms with Crippen molar-refractivity contribution in [3.8, 4) is 5.75 Å². The maximum absolute atomic E-state index is 12.5. The van der Waals surface area contributed by atoms with Gasteiger partial charge in [0.2, 0.25) is 5.91 Å². The van der Waals surface area contributed by atoms with E-state index >= 15 is 0 Å². The number of hydrogen-bond donors (Lipinski definition) is 0. The molecule has 2 aliphatic heterocycles. The number of nitrogens with zero attached hydrogens (tertiary/aromatic N) is 2. The maximum atomic E-state index is 12.5. The molecule has 1 aromatic rings. The molecule has 0 aliphatic carbocycles. The number of benzene rings is 1. The van der Waals surface area contributed by atoms with Gasteiger partial charge in [0.15, 0.2) is 0 Å². The van der Waals surface area contributed by atoms with Crippen molar-refractivity contribution in [1.29, 1.82) is 0 Å². The average Bonchev–Trinajstić information content (AvgIpc) is 3.20. The Bertz CT molecular complexity index is 759. The molecule has 0 radical (unpaired) electrons. The van der Waals surface area contributed by atoms with E-state index in [1.165, 1.54) is 0 Å². The topological polar surface area (TPSA) is 66.9 Å². The van der Waals surface area contributed by atoms with Crippen LogP contribution in [0.25, 0.3) is 6.08 Å². The number of imide groups is 1. The summed E-state index contributed by atoms with van der Waals surface area (Å²) in [4.78, 5) is 40.0. The quantitative estimate of drug-likeness (QED) is 0.694. The van der Waals surface area contributed by atoms with Crippen LogP contribution in [0.4, 0.5) is 4.79 Å². The molecule has 8 heteroatoms. The molecule has 2 saturated heterocycles. The van der Waals surface area contributed by atoms with Crippen LogP contribution in [-0.2, 0) is 9.59 Å². The van der Waals surface area contributed by atoms with Gasteiger partial charge in [0.1, 0.15) is 12.3 Å². The minimum Gasteiger partial charge on any atom is -0.496 e. The molecule has 0 atom stereocenters. The Morgan fingerprint density at radius 2 is 2.04 bits per heavy atom. The van der Waals surface area contributed by atoms with Crippen molar-refractivity contribution < 1.29 is 19.1 Å². The van der Waals surface area contributed by atoms with Crippen molar-refractivity contribution in [3.63, 3.8) is 0 Å². The number of likely N-dealkylation sites (tertiary alicyclic amines) is 1. The summed E-state index contributed by atoms with van der Waals surface area (Å²) >= 11 is 4.22. The number of ether oxygens (including phenoxy) is 1. The van der Waals surface area contributed by atoms with Gasteiger partial charge in [-0.15, -0.1) is 0 Å². The van der Waals surface area contributed by atoms with E-state index in [-0.39, 0.29) is 17.4 Å². The highest BCUT2D eigenvalue weighted by molar-refractivity contribution is 9.10. The zero-order valence-electron chi connectivity index (χ0n) is 13.7. The largest absolute Gasteiger partial charge is 0.496 e. The highest BCUT2D eigenvalue weighted by Gasteiger charge is 2.37. The molecule has 6 nitrogen and oxygen atoms in total. The molecule has 0 bridgehead atoms. The van der Waals surface area contributed by atoms with Crippen molar-refractivity contribution in [2.75, 3.05) is 26.7 Å². The summed E-state index contributed by atoms with van der Waals surface area (Å²) in [5.74, 6) is -0.0196. The van der Waals surface area contributed by atoms with Crippen LogP contribution in [0, 0.1) is 0 Å². The summed E-state index contributed by atoms with van der Waals surface area (Å²) in [6, 6.07) is 5.41. The Labute approximate surface area is 158 Å². The SMILES string of the molecule is COc1ccc(Br)cc1/C=C1\SC(=O)N(CC(=O)N2CCCC2)C1=O. The van der Waals surface area contributed by atoms with Crippen LogP contribution in [0.5, 0.6) is 5.75 Å². The van der Waals surface area contributed by atoms with Crippen LogP contribution in [0.3, 0.4) is 0 Å². The van der Waals surface area contributed by atoms with Gasteiger partial charge in [-0.05, 0) is 48.9 Å². The molecule has 0 unspecified atom stereocenters. The number of amides is 3. The third-order valence-electron chi connectivity index (χ3n) is 4.10. The Morgan fingerprint density at radius 1 is 1.32 bits per heavy atom. The summed E-state index contributed by atoms with van der Waals surface area (Å²) < 4.78 is 6.12. The summed E-state index contributed by atoms with van der Waals surface area (Å²) in [5.41, 5.74) is 0.688. The molecule has 2 aliphatic rings. The number of hydrogen-bond acceptors (Lipinski definition) is 5.